The van der Waals surface area contributed by atoms with Crippen LogP contribution in [0.2, 0.25) is 0 Å². The van der Waals surface area contributed by atoms with Gasteiger partial charge in [-0.2, -0.15) is 0 Å². The highest BCUT2D eigenvalue weighted by molar-refractivity contribution is 7.92. The molecule has 1 N–H and O–H groups in total. The van der Waals surface area contributed by atoms with Gasteiger partial charge in [-0.15, -0.1) is 0 Å². The zero-order valence-corrected chi connectivity index (χ0v) is 15.7. The lowest BCUT2D eigenvalue weighted by Gasteiger charge is -2.12. The summed E-state index contributed by atoms with van der Waals surface area (Å²) in [6, 6.07) is 17.1. The fourth-order valence-electron chi connectivity index (χ4n) is 2.71. The summed E-state index contributed by atoms with van der Waals surface area (Å²) in [5.74, 6) is -0.406. The Hall–Kier alpha value is -3.06. The van der Waals surface area contributed by atoms with Crippen molar-refractivity contribution in [3.05, 3.63) is 60.7 Å². The summed E-state index contributed by atoms with van der Waals surface area (Å²) in [6.45, 7) is 0. The van der Waals surface area contributed by atoms with Crippen LogP contribution in [0.1, 0.15) is 0 Å². The van der Waals surface area contributed by atoms with Crippen LogP contribution in [0.3, 0.4) is 0 Å². The molecular weight excluding hydrogens is 366 g/mol. The smallest absolute Gasteiger partial charge is 0.240 e. The molecule has 0 saturated carbocycles. The van der Waals surface area contributed by atoms with Crippen LogP contribution >= 0.6 is 0 Å². The molecule has 0 saturated heterocycles. The number of rotatable bonds is 6. The van der Waals surface area contributed by atoms with Crippen LogP contribution in [0.4, 0.5) is 5.69 Å². The SMILES string of the molecule is COc1ccc(OC)c(NC(=O)CS(=O)(=O)c2ccc3ccccc3c2)c1. The second kappa shape index (κ2) is 7.67. The molecule has 7 heteroatoms. The minimum absolute atomic E-state index is 0.106. The second-order valence-electron chi connectivity index (χ2n) is 5.88. The molecule has 0 radical (unpaired) electrons. The van der Waals surface area contributed by atoms with Gasteiger partial charge in [0.05, 0.1) is 24.8 Å². The van der Waals surface area contributed by atoms with Crippen molar-refractivity contribution in [3.63, 3.8) is 0 Å². The predicted octanol–water partition coefficient (Wildman–Crippen LogP) is 3.27. The van der Waals surface area contributed by atoms with E-state index in [1.807, 2.05) is 24.3 Å². The first-order valence-electron chi connectivity index (χ1n) is 8.16. The summed E-state index contributed by atoms with van der Waals surface area (Å²) in [7, 11) is -0.831. The summed E-state index contributed by atoms with van der Waals surface area (Å²) in [6.07, 6.45) is 0. The molecule has 3 aromatic carbocycles. The van der Waals surface area contributed by atoms with E-state index < -0.39 is 21.5 Å². The summed E-state index contributed by atoms with van der Waals surface area (Å²) >= 11 is 0. The minimum atomic E-state index is -3.79. The lowest BCUT2D eigenvalue weighted by molar-refractivity contribution is -0.113. The molecule has 6 nitrogen and oxygen atoms in total. The molecule has 3 aromatic rings. The molecule has 1 amide bonds. The Balaban J connectivity index is 1.82. The summed E-state index contributed by atoms with van der Waals surface area (Å²) in [5.41, 5.74) is 0.343. The van der Waals surface area contributed by atoms with Crippen LogP contribution in [0.5, 0.6) is 11.5 Å². The van der Waals surface area contributed by atoms with Gasteiger partial charge in [-0.25, -0.2) is 8.42 Å². The Morgan fingerprint density at radius 3 is 2.37 bits per heavy atom. The third-order valence-electron chi connectivity index (χ3n) is 4.08. The molecule has 27 heavy (non-hydrogen) atoms. The average Bonchev–Trinajstić information content (AvgIpc) is 2.67. The van der Waals surface area contributed by atoms with Gasteiger partial charge in [-0.1, -0.05) is 30.3 Å². The lowest BCUT2D eigenvalue weighted by atomic mass is 10.1. The normalized spacial score (nSPS) is 11.2. The lowest BCUT2D eigenvalue weighted by Crippen LogP contribution is -2.23. The van der Waals surface area contributed by atoms with Crippen molar-refractivity contribution in [2.45, 2.75) is 4.90 Å². The molecule has 0 unspecified atom stereocenters. The Morgan fingerprint density at radius 2 is 1.67 bits per heavy atom. The van der Waals surface area contributed by atoms with Crippen molar-refractivity contribution < 1.29 is 22.7 Å². The van der Waals surface area contributed by atoms with Crippen LogP contribution in [0, 0.1) is 0 Å². The molecule has 0 aromatic heterocycles. The van der Waals surface area contributed by atoms with E-state index in [-0.39, 0.29) is 4.90 Å². The Bertz CT molecular complexity index is 1090. The zero-order chi connectivity index (χ0) is 19.4. The van der Waals surface area contributed by atoms with E-state index in [4.69, 9.17) is 9.47 Å². The molecule has 0 bridgehead atoms. The fraction of sp³-hybridized carbons (Fsp3) is 0.150. The molecule has 0 atom stereocenters. The number of amides is 1. The second-order valence-corrected chi connectivity index (χ2v) is 7.87. The first-order valence-corrected chi connectivity index (χ1v) is 9.81. The van der Waals surface area contributed by atoms with E-state index in [0.717, 1.165) is 10.8 Å². The Kier molecular flexibility index (Phi) is 5.32. The number of anilines is 1. The van der Waals surface area contributed by atoms with Gasteiger partial charge in [0.2, 0.25) is 5.91 Å². The highest BCUT2D eigenvalue weighted by Crippen LogP contribution is 2.29. The van der Waals surface area contributed by atoms with Crippen LogP contribution in [0.25, 0.3) is 10.8 Å². The van der Waals surface area contributed by atoms with E-state index >= 15 is 0 Å². The number of sulfone groups is 1. The Morgan fingerprint density at radius 1 is 0.926 bits per heavy atom. The molecule has 0 spiro atoms. The molecular formula is C20H19NO5S. The van der Waals surface area contributed by atoms with Crippen molar-refractivity contribution in [1.82, 2.24) is 0 Å². The molecule has 140 valence electrons. The van der Waals surface area contributed by atoms with Gasteiger partial charge in [0.25, 0.3) is 0 Å². The number of hydrogen-bond acceptors (Lipinski definition) is 5. The number of carbonyl (C=O) groups is 1. The van der Waals surface area contributed by atoms with Crippen LogP contribution in [-0.4, -0.2) is 34.3 Å². The molecule has 3 rings (SSSR count). The highest BCUT2D eigenvalue weighted by Gasteiger charge is 2.21. The van der Waals surface area contributed by atoms with E-state index in [1.165, 1.54) is 20.3 Å². The molecule has 0 aliphatic rings. The quantitative estimate of drug-likeness (QED) is 0.704. The maximum Gasteiger partial charge on any atom is 0.240 e. The number of methoxy groups -OCH3 is 2. The van der Waals surface area contributed by atoms with E-state index in [2.05, 4.69) is 5.32 Å². The molecule has 0 heterocycles. The standard InChI is InChI=1S/C20H19NO5S/c1-25-16-8-10-19(26-2)18(12-16)21-20(22)13-27(23,24)17-9-7-14-5-3-4-6-15(14)11-17/h3-12H,13H2,1-2H3,(H,21,22). The summed E-state index contributed by atoms with van der Waals surface area (Å²) < 4.78 is 35.6. The van der Waals surface area contributed by atoms with Crippen LogP contribution in [0.15, 0.2) is 65.6 Å². The van der Waals surface area contributed by atoms with Crippen molar-refractivity contribution in [2.75, 3.05) is 25.3 Å². The summed E-state index contributed by atoms with van der Waals surface area (Å²) in [5, 5.41) is 4.31. The van der Waals surface area contributed by atoms with Gasteiger partial charge in [0.15, 0.2) is 9.84 Å². The van der Waals surface area contributed by atoms with Crippen LogP contribution in [-0.2, 0) is 14.6 Å². The summed E-state index contributed by atoms with van der Waals surface area (Å²) in [4.78, 5) is 12.5. The van der Waals surface area contributed by atoms with Gasteiger partial charge >= 0.3 is 0 Å². The number of ether oxygens (including phenoxy) is 2. The van der Waals surface area contributed by atoms with Crippen molar-refractivity contribution in [1.29, 1.82) is 0 Å². The zero-order valence-electron chi connectivity index (χ0n) is 14.9. The predicted molar refractivity (Wildman–Crippen MR) is 104 cm³/mol. The van der Waals surface area contributed by atoms with Gasteiger partial charge in [0, 0.05) is 6.07 Å². The molecule has 0 aliphatic heterocycles. The fourth-order valence-corrected chi connectivity index (χ4v) is 3.88. The van der Waals surface area contributed by atoms with Gasteiger partial charge < -0.3 is 14.8 Å². The van der Waals surface area contributed by atoms with E-state index in [1.54, 1.807) is 30.3 Å². The number of benzene rings is 3. The van der Waals surface area contributed by atoms with Crippen molar-refractivity contribution in [3.8, 4) is 11.5 Å². The maximum atomic E-state index is 12.6. The average molecular weight is 385 g/mol. The number of nitrogens with one attached hydrogen (secondary N) is 1. The third-order valence-corrected chi connectivity index (χ3v) is 5.70. The van der Waals surface area contributed by atoms with Crippen molar-refractivity contribution >= 4 is 32.2 Å². The molecule has 0 aliphatic carbocycles. The largest absolute Gasteiger partial charge is 0.497 e. The Labute approximate surface area is 157 Å². The number of carbonyl (C=O) groups excluding carboxylic acids is 1. The van der Waals surface area contributed by atoms with Crippen molar-refractivity contribution in [2.24, 2.45) is 0 Å². The highest BCUT2D eigenvalue weighted by atomic mass is 32.2. The molecule has 0 fully saturated rings. The number of hydrogen-bond donors (Lipinski definition) is 1. The van der Waals surface area contributed by atoms with E-state index in [0.29, 0.717) is 17.2 Å². The van der Waals surface area contributed by atoms with Gasteiger partial charge in [0.1, 0.15) is 17.3 Å². The van der Waals surface area contributed by atoms with Gasteiger partial charge in [-0.05, 0) is 35.0 Å². The minimum Gasteiger partial charge on any atom is -0.497 e. The number of fused-ring (bicyclic) bond motifs is 1. The monoisotopic (exact) mass is 385 g/mol. The topological polar surface area (TPSA) is 81.7 Å². The maximum absolute atomic E-state index is 12.6. The first-order chi connectivity index (χ1) is 12.9. The third kappa shape index (κ3) is 4.20. The van der Waals surface area contributed by atoms with Crippen LogP contribution < -0.4 is 14.8 Å². The first kappa shape index (κ1) is 18.7. The van der Waals surface area contributed by atoms with Gasteiger partial charge in [-0.3, -0.25) is 4.79 Å². The van der Waals surface area contributed by atoms with E-state index in [9.17, 15) is 13.2 Å².